The molecule has 3 amide bonds. The number of nitrogens with zero attached hydrogens (tertiary/aromatic N) is 1. The van der Waals surface area contributed by atoms with Crippen molar-refractivity contribution in [3.8, 4) is 0 Å². The third kappa shape index (κ3) is 4.17. The maximum atomic E-state index is 12.6. The van der Waals surface area contributed by atoms with Crippen LogP contribution in [0.4, 0.5) is 10.5 Å². The Labute approximate surface area is 167 Å². The maximum Gasteiger partial charge on any atom is 0.321 e. The largest absolute Gasteiger partial charge is 0.362 e. The van der Waals surface area contributed by atoms with Gasteiger partial charge in [0.1, 0.15) is 6.10 Å². The van der Waals surface area contributed by atoms with Crippen LogP contribution in [0, 0.1) is 18.8 Å². The average molecular weight is 386 g/mol. The fraction of sp³-hybridized carbons (Fsp3) is 0.636. The SMILES string of the molecule is Cc1ccc(NC(=O)N2CC[C@]3(CC[C@H](C(=O)NCC4CC4)O3)[C@@H](C)C2)cc1. The van der Waals surface area contributed by atoms with E-state index in [9.17, 15) is 9.59 Å². The number of nitrogens with one attached hydrogen (secondary N) is 2. The summed E-state index contributed by atoms with van der Waals surface area (Å²) in [7, 11) is 0. The molecule has 3 aliphatic rings. The molecule has 28 heavy (non-hydrogen) atoms. The molecule has 1 spiro atoms. The number of urea groups is 1. The van der Waals surface area contributed by atoms with Gasteiger partial charge < -0.3 is 20.3 Å². The van der Waals surface area contributed by atoms with Crippen LogP contribution < -0.4 is 10.6 Å². The van der Waals surface area contributed by atoms with E-state index in [1.165, 1.54) is 18.4 Å². The number of aryl methyl sites for hydroxylation is 1. The van der Waals surface area contributed by atoms with Crippen molar-refractivity contribution in [3.05, 3.63) is 29.8 Å². The van der Waals surface area contributed by atoms with E-state index in [4.69, 9.17) is 4.74 Å². The number of piperidine rings is 1. The first kappa shape index (κ1) is 19.2. The minimum Gasteiger partial charge on any atom is -0.362 e. The number of anilines is 1. The van der Waals surface area contributed by atoms with Gasteiger partial charge in [-0.05, 0) is 57.1 Å². The van der Waals surface area contributed by atoms with Crippen LogP contribution in [0.5, 0.6) is 0 Å². The van der Waals surface area contributed by atoms with Crippen molar-refractivity contribution in [3.63, 3.8) is 0 Å². The van der Waals surface area contributed by atoms with E-state index in [0.717, 1.165) is 31.5 Å². The molecule has 0 unspecified atom stereocenters. The molecule has 152 valence electrons. The number of hydrogen-bond donors (Lipinski definition) is 2. The Hall–Kier alpha value is -2.08. The summed E-state index contributed by atoms with van der Waals surface area (Å²) in [6.07, 6.45) is 4.57. The number of ether oxygens (including phenoxy) is 1. The number of carbonyl (C=O) groups excluding carboxylic acids is 2. The topological polar surface area (TPSA) is 70.7 Å². The maximum absolute atomic E-state index is 12.6. The van der Waals surface area contributed by atoms with Crippen LogP contribution >= 0.6 is 0 Å². The van der Waals surface area contributed by atoms with E-state index in [2.05, 4.69) is 17.6 Å². The van der Waals surface area contributed by atoms with Gasteiger partial charge in [0.15, 0.2) is 0 Å². The Bertz CT molecular complexity index is 731. The highest BCUT2D eigenvalue weighted by atomic mass is 16.5. The summed E-state index contributed by atoms with van der Waals surface area (Å²) in [5.41, 5.74) is 1.70. The van der Waals surface area contributed by atoms with Crippen molar-refractivity contribution in [2.24, 2.45) is 11.8 Å². The lowest BCUT2D eigenvalue weighted by atomic mass is 9.80. The van der Waals surface area contributed by atoms with Gasteiger partial charge in [0.05, 0.1) is 5.60 Å². The second kappa shape index (κ2) is 7.74. The second-order valence-corrected chi connectivity index (χ2v) is 8.79. The summed E-state index contributed by atoms with van der Waals surface area (Å²) in [4.78, 5) is 26.9. The van der Waals surface area contributed by atoms with Crippen LogP contribution in [0.15, 0.2) is 24.3 Å². The minimum atomic E-state index is -0.339. The van der Waals surface area contributed by atoms with Gasteiger partial charge in [-0.1, -0.05) is 24.6 Å². The molecule has 0 radical (unpaired) electrons. The predicted molar refractivity (Wildman–Crippen MR) is 108 cm³/mol. The number of carbonyl (C=O) groups is 2. The van der Waals surface area contributed by atoms with Gasteiger partial charge >= 0.3 is 6.03 Å². The third-order valence-electron chi connectivity index (χ3n) is 6.55. The first-order valence-electron chi connectivity index (χ1n) is 10.5. The molecule has 1 aromatic carbocycles. The van der Waals surface area contributed by atoms with E-state index in [-0.39, 0.29) is 29.6 Å². The van der Waals surface area contributed by atoms with Crippen molar-refractivity contribution >= 4 is 17.6 Å². The van der Waals surface area contributed by atoms with Crippen molar-refractivity contribution in [1.82, 2.24) is 10.2 Å². The summed E-state index contributed by atoms with van der Waals surface area (Å²) in [6, 6.07) is 7.76. The summed E-state index contributed by atoms with van der Waals surface area (Å²) in [5, 5.41) is 6.02. The van der Waals surface area contributed by atoms with Crippen molar-refractivity contribution in [1.29, 1.82) is 0 Å². The van der Waals surface area contributed by atoms with Crippen LogP contribution in [0.2, 0.25) is 0 Å². The van der Waals surface area contributed by atoms with Crippen molar-refractivity contribution in [2.45, 2.75) is 57.7 Å². The minimum absolute atomic E-state index is 0.0375. The molecule has 4 rings (SSSR count). The van der Waals surface area contributed by atoms with Crippen LogP contribution in [0.1, 0.15) is 44.6 Å². The lowest BCUT2D eigenvalue weighted by Gasteiger charge is -2.44. The molecule has 2 heterocycles. The third-order valence-corrected chi connectivity index (χ3v) is 6.55. The van der Waals surface area contributed by atoms with Crippen LogP contribution in [0.3, 0.4) is 0 Å². The van der Waals surface area contributed by atoms with Gasteiger partial charge in [-0.2, -0.15) is 0 Å². The predicted octanol–water partition coefficient (Wildman–Crippen LogP) is 3.31. The van der Waals surface area contributed by atoms with E-state index >= 15 is 0 Å². The molecular weight excluding hydrogens is 354 g/mol. The smallest absolute Gasteiger partial charge is 0.321 e. The molecule has 2 saturated heterocycles. The summed E-state index contributed by atoms with van der Waals surface area (Å²) >= 11 is 0. The Balaban J connectivity index is 1.30. The fourth-order valence-corrected chi connectivity index (χ4v) is 4.37. The fourth-order valence-electron chi connectivity index (χ4n) is 4.37. The van der Waals surface area contributed by atoms with Crippen LogP contribution in [-0.4, -0.2) is 48.2 Å². The summed E-state index contributed by atoms with van der Waals surface area (Å²) in [6.45, 7) is 6.25. The molecular formula is C22H31N3O3. The number of likely N-dealkylation sites (tertiary alicyclic amines) is 1. The van der Waals surface area contributed by atoms with Gasteiger partial charge in [0.25, 0.3) is 0 Å². The van der Waals surface area contributed by atoms with Crippen molar-refractivity contribution < 1.29 is 14.3 Å². The molecule has 2 N–H and O–H groups in total. The zero-order valence-electron chi connectivity index (χ0n) is 16.9. The van der Waals surface area contributed by atoms with Gasteiger partial charge in [-0.15, -0.1) is 0 Å². The highest BCUT2D eigenvalue weighted by molar-refractivity contribution is 5.89. The zero-order valence-corrected chi connectivity index (χ0v) is 16.9. The first-order valence-corrected chi connectivity index (χ1v) is 10.5. The molecule has 1 aromatic rings. The van der Waals surface area contributed by atoms with Gasteiger partial charge in [0.2, 0.25) is 5.91 Å². The highest BCUT2D eigenvalue weighted by Gasteiger charge is 2.49. The number of hydrogen-bond acceptors (Lipinski definition) is 3. The van der Waals surface area contributed by atoms with Crippen LogP contribution in [-0.2, 0) is 9.53 Å². The van der Waals surface area contributed by atoms with E-state index in [0.29, 0.717) is 19.0 Å². The van der Waals surface area contributed by atoms with Crippen molar-refractivity contribution in [2.75, 3.05) is 25.0 Å². The van der Waals surface area contributed by atoms with E-state index in [1.807, 2.05) is 36.1 Å². The van der Waals surface area contributed by atoms with Gasteiger partial charge in [-0.25, -0.2) is 4.79 Å². The molecule has 6 heteroatoms. The lowest BCUT2D eigenvalue weighted by molar-refractivity contribution is -0.146. The molecule has 0 aromatic heterocycles. The number of rotatable bonds is 4. The Morgan fingerprint density at radius 1 is 1.18 bits per heavy atom. The Kier molecular flexibility index (Phi) is 5.32. The monoisotopic (exact) mass is 385 g/mol. The van der Waals surface area contributed by atoms with E-state index < -0.39 is 0 Å². The number of amides is 3. The Morgan fingerprint density at radius 3 is 2.61 bits per heavy atom. The zero-order chi connectivity index (χ0) is 19.7. The second-order valence-electron chi connectivity index (χ2n) is 8.79. The molecule has 3 fully saturated rings. The van der Waals surface area contributed by atoms with Crippen LogP contribution in [0.25, 0.3) is 0 Å². The molecule has 1 aliphatic carbocycles. The van der Waals surface area contributed by atoms with Gasteiger partial charge in [0, 0.05) is 31.2 Å². The molecule has 3 atom stereocenters. The highest BCUT2D eigenvalue weighted by Crippen LogP contribution is 2.42. The standard InChI is InChI=1S/C22H31N3O3/c1-15-3-7-18(8-4-15)24-21(27)25-12-11-22(16(2)14-25)10-9-19(28-22)20(26)23-13-17-5-6-17/h3-4,7-8,16-17,19H,5-6,9-14H2,1-2H3,(H,23,26)(H,24,27)/t16-,19+,22+/m0/s1. The summed E-state index contributed by atoms with van der Waals surface area (Å²) in [5.74, 6) is 0.912. The molecule has 2 aliphatic heterocycles. The summed E-state index contributed by atoms with van der Waals surface area (Å²) < 4.78 is 6.31. The molecule has 1 saturated carbocycles. The van der Waals surface area contributed by atoms with Gasteiger partial charge in [-0.3, -0.25) is 4.79 Å². The average Bonchev–Trinajstić information content (AvgIpc) is 3.42. The molecule has 6 nitrogen and oxygen atoms in total. The van der Waals surface area contributed by atoms with E-state index in [1.54, 1.807) is 0 Å². The number of benzene rings is 1. The Morgan fingerprint density at radius 2 is 1.93 bits per heavy atom. The molecule has 0 bridgehead atoms. The first-order chi connectivity index (χ1) is 13.4. The quantitative estimate of drug-likeness (QED) is 0.835. The normalized spacial score (nSPS) is 29.7. The lowest BCUT2D eigenvalue weighted by Crippen LogP contribution is -2.54.